The van der Waals surface area contributed by atoms with E-state index >= 15 is 0 Å². The van der Waals surface area contributed by atoms with Crippen LogP contribution in [-0.2, 0) is 13.1 Å². The molecule has 0 saturated heterocycles. The molecule has 35 heavy (non-hydrogen) atoms. The number of amides is 1. The maximum Gasteiger partial charge on any atom is 0.270 e. The first-order chi connectivity index (χ1) is 16.6. The summed E-state index contributed by atoms with van der Waals surface area (Å²) in [6.07, 6.45) is 1.99. The van der Waals surface area contributed by atoms with Gasteiger partial charge in [0.25, 0.3) is 11.5 Å². The largest absolute Gasteiger partial charge is 0.346 e. The first kappa shape index (κ1) is 24.4. The molecule has 0 aliphatic carbocycles. The van der Waals surface area contributed by atoms with E-state index in [1.165, 1.54) is 5.56 Å². The highest BCUT2D eigenvalue weighted by atomic mass is 16.2. The smallest absolute Gasteiger partial charge is 0.270 e. The Morgan fingerprint density at radius 2 is 1.83 bits per heavy atom. The van der Waals surface area contributed by atoms with Crippen LogP contribution in [0.2, 0.25) is 0 Å². The second-order valence-corrected chi connectivity index (χ2v) is 9.67. The lowest BCUT2D eigenvalue weighted by Gasteiger charge is -2.14. The number of hydrogen-bond donors (Lipinski definition) is 2. The normalized spacial score (nSPS) is 11.5. The van der Waals surface area contributed by atoms with Crippen molar-refractivity contribution in [3.8, 4) is 11.3 Å². The Bertz CT molecular complexity index is 1430. The summed E-state index contributed by atoms with van der Waals surface area (Å²) in [5.41, 5.74) is 6.22. The van der Waals surface area contributed by atoms with Gasteiger partial charge in [-0.15, -0.1) is 0 Å². The van der Waals surface area contributed by atoms with Crippen LogP contribution in [0.5, 0.6) is 0 Å². The molecule has 3 aromatic heterocycles. The molecule has 1 amide bonds. The van der Waals surface area contributed by atoms with Gasteiger partial charge in [-0.2, -0.15) is 0 Å². The third-order valence-corrected chi connectivity index (χ3v) is 6.16. The van der Waals surface area contributed by atoms with Crippen LogP contribution in [-0.4, -0.2) is 39.4 Å². The summed E-state index contributed by atoms with van der Waals surface area (Å²) in [7, 11) is 4.08. The highest BCUT2D eigenvalue weighted by Crippen LogP contribution is 2.28. The molecule has 0 aliphatic heterocycles. The Balaban J connectivity index is 1.72. The highest BCUT2D eigenvalue weighted by Gasteiger charge is 2.19. The van der Waals surface area contributed by atoms with Gasteiger partial charge in [0.1, 0.15) is 5.69 Å². The van der Waals surface area contributed by atoms with Gasteiger partial charge in [-0.05, 0) is 71.1 Å². The molecule has 1 aromatic carbocycles. The number of fused-ring (bicyclic) bond motifs is 1. The zero-order valence-electron chi connectivity index (χ0n) is 21.3. The molecule has 182 valence electrons. The molecular formula is C28H33N5O2. The number of carbonyl (C=O) groups excluding carboxylic acids is 1. The summed E-state index contributed by atoms with van der Waals surface area (Å²) in [5, 5.41) is 3.71. The molecule has 0 unspecified atom stereocenters. The van der Waals surface area contributed by atoms with Gasteiger partial charge in [-0.1, -0.05) is 24.3 Å². The summed E-state index contributed by atoms with van der Waals surface area (Å²) in [5.74, 6) is -0.304. The van der Waals surface area contributed by atoms with Crippen molar-refractivity contribution in [3.05, 3.63) is 87.1 Å². The topological polar surface area (TPSA) is 83.0 Å². The number of carbonyl (C=O) groups is 1. The van der Waals surface area contributed by atoms with Crippen LogP contribution in [0.15, 0.2) is 53.5 Å². The van der Waals surface area contributed by atoms with Crippen LogP contribution in [0.4, 0.5) is 0 Å². The lowest BCUT2D eigenvalue weighted by molar-refractivity contribution is 0.0947. The van der Waals surface area contributed by atoms with E-state index in [0.717, 1.165) is 40.0 Å². The predicted molar refractivity (Wildman–Crippen MR) is 141 cm³/mol. The number of nitrogens with one attached hydrogen (secondary N) is 2. The lowest BCUT2D eigenvalue weighted by Crippen LogP contribution is -2.28. The van der Waals surface area contributed by atoms with Gasteiger partial charge in [0.2, 0.25) is 0 Å². The van der Waals surface area contributed by atoms with E-state index in [4.69, 9.17) is 4.98 Å². The Hall–Kier alpha value is -3.71. The van der Waals surface area contributed by atoms with Crippen molar-refractivity contribution in [2.45, 2.75) is 46.8 Å². The molecule has 2 N–H and O–H groups in total. The van der Waals surface area contributed by atoms with Gasteiger partial charge >= 0.3 is 0 Å². The first-order valence-corrected chi connectivity index (χ1v) is 11.9. The van der Waals surface area contributed by atoms with Crippen molar-refractivity contribution >= 4 is 16.8 Å². The van der Waals surface area contributed by atoms with Crippen LogP contribution in [0.1, 0.15) is 52.8 Å². The fourth-order valence-electron chi connectivity index (χ4n) is 4.43. The minimum atomic E-state index is -0.304. The summed E-state index contributed by atoms with van der Waals surface area (Å²) >= 11 is 0. The monoisotopic (exact) mass is 471 g/mol. The molecule has 0 atom stereocenters. The summed E-state index contributed by atoms with van der Waals surface area (Å²) in [6.45, 7) is 8.94. The molecule has 0 fully saturated rings. The van der Waals surface area contributed by atoms with Crippen molar-refractivity contribution in [2.75, 3.05) is 14.1 Å². The molecule has 3 heterocycles. The quantitative estimate of drug-likeness (QED) is 0.413. The van der Waals surface area contributed by atoms with Crippen molar-refractivity contribution in [2.24, 2.45) is 0 Å². The van der Waals surface area contributed by atoms with Crippen LogP contribution < -0.4 is 10.9 Å². The third kappa shape index (κ3) is 5.20. The molecule has 7 heteroatoms. The summed E-state index contributed by atoms with van der Waals surface area (Å²) in [4.78, 5) is 35.5. The first-order valence-electron chi connectivity index (χ1n) is 11.9. The van der Waals surface area contributed by atoms with Gasteiger partial charge in [0, 0.05) is 47.5 Å². The SMILES string of the molecule is Cc1cc(C)c(CNC(=O)c2nc(-c3ccc(CN(C)C)cc3)cc3c2ccn3C(C)C)c(=O)[nH]1. The van der Waals surface area contributed by atoms with Gasteiger partial charge in [0.15, 0.2) is 0 Å². The highest BCUT2D eigenvalue weighted by molar-refractivity contribution is 6.05. The van der Waals surface area contributed by atoms with E-state index < -0.39 is 0 Å². The number of hydrogen-bond acceptors (Lipinski definition) is 4. The van der Waals surface area contributed by atoms with Crippen LogP contribution in [0, 0.1) is 13.8 Å². The fraction of sp³-hybridized carbons (Fsp3) is 0.321. The van der Waals surface area contributed by atoms with E-state index in [9.17, 15) is 9.59 Å². The summed E-state index contributed by atoms with van der Waals surface area (Å²) < 4.78 is 2.15. The molecule has 4 rings (SSSR count). The maximum atomic E-state index is 13.4. The average Bonchev–Trinajstić information content (AvgIpc) is 3.22. The third-order valence-electron chi connectivity index (χ3n) is 6.16. The Kier molecular flexibility index (Phi) is 6.89. The van der Waals surface area contributed by atoms with Crippen LogP contribution >= 0.6 is 0 Å². The van der Waals surface area contributed by atoms with Gasteiger partial charge < -0.3 is 19.8 Å². The van der Waals surface area contributed by atoms with E-state index in [1.807, 2.05) is 64.5 Å². The Labute approximate surface area is 205 Å². The van der Waals surface area contributed by atoms with E-state index in [0.29, 0.717) is 11.3 Å². The molecule has 0 radical (unpaired) electrons. The standard InChI is InChI=1S/C28H33N5O2/c1-17(2)33-12-11-22-25(33)14-24(21-9-7-20(8-10-21)16-32(5)6)31-26(22)28(35)29-15-23-18(3)13-19(4)30-27(23)34/h7-14,17H,15-16H2,1-6H3,(H,29,35)(H,30,34). The van der Waals surface area contributed by atoms with Crippen molar-refractivity contribution in [3.63, 3.8) is 0 Å². The Morgan fingerprint density at radius 1 is 1.11 bits per heavy atom. The van der Waals surface area contributed by atoms with Gasteiger partial charge in [0.05, 0.1) is 11.2 Å². The molecule has 7 nitrogen and oxygen atoms in total. The molecule has 0 bridgehead atoms. The number of nitrogens with zero attached hydrogens (tertiary/aromatic N) is 3. The van der Waals surface area contributed by atoms with E-state index in [1.54, 1.807) is 0 Å². The molecular weight excluding hydrogens is 438 g/mol. The maximum absolute atomic E-state index is 13.4. The lowest BCUT2D eigenvalue weighted by atomic mass is 10.1. The zero-order chi connectivity index (χ0) is 25.3. The van der Waals surface area contributed by atoms with Crippen molar-refractivity contribution in [1.29, 1.82) is 0 Å². The molecule has 0 saturated carbocycles. The van der Waals surface area contributed by atoms with Crippen molar-refractivity contribution < 1.29 is 4.79 Å². The zero-order valence-corrected chi connectivity index (χ0v) is 21.3. The average molecular weight is 472 g/mol. The second kappa shape index (κ2) is 9.88. The molecule has 0 spiro atoms. The second-order valence-electron chi connectivity index (χ2n) is 9.67. The van der Waals surface area contributed by atoms with E-state index in [-0.39, 0.29) is 24.1 Å². The number of aryl methyl sites for hydroxylation is 2. The summed E-state index contributed by atoms with van der Waals surface area (Å²) in [6, 6.07) is 14.4. The fourth-order valence-corrected chi connectivity index (χ4v) is 4.43. The number of H-pyrrole nitrogens is 1. The van der Waals surface area contributed by atoms with Crippen LogP contribution in [0.3, 0.4) is 0 Å². The molecule has 0 aliphatic rings. The number of aromatic amines is 1. The minimum absolute atomic E-state index is 0.137. The number of aromatic nitrogens is 3. The van der Waals surface area contributed by atoms with Gasteiger partial charge in [-0.3, -0.25) is 9.59 Å². The number of rotatable bonds is 7. The Morgan fingerprint density at radius 3 is 2.46 bits per heavy atom. The van der Waals surface area contributed by atoms with E-state index in [2.05, 4.69) is 45.7 Å². The minimum Gasteiger partial charge on any atom is -0.346 e. The number of pyridine rings is 2. The van der Waals surface area contributed by atoms with Crippen LogP contribution in [0.25, 0.3) is 22.2 Å². The number of benzene rings is 1. The predicted octanol–water partition coefficient (Wildman–Crippen LogP) is 4.58. The van der Waals surface area contributed by atoms with Crippen molar-refractivity contribution in [1.82, 2.24) is 24.8 Å². The molecule has 4 aromatic rings. The van der Waals surface area contributed by atoms with Gasteiger partial charge in [-0.25, -0.2) is 4.98 Å².